The molecule has 1 fully saturated rings. The highest BCUT2D eigenvalue weighted by Gasteiger charge is 2.20. The van der Waals surface area contributed by atoms with Crippen LogP contribution >= 0.6 is 0 Å². The van der Waals surface area contributed by atoms with Crippen molar-refractivity contribution < 1.29 is 8.42 Å². The number of rotatable bonds is 8. The van der Waals surface area contributed by atoms with Crippen LogP contribution in [0, 0.1) is 11.8 Å². The second-order valence-corrected chi connectivity index (χ2v) is 7.43. The minimum atomic E-state index is -3.06. The van der Waals surface area contributed by atoms with E-state index in [-0.39, 0.29) is 5.75 Å². The highest BCUT2D eigenvalue weighted by Crippen LogP contribution is 2.27. The van der Waals surface area contributed by atoms with Crippen LogP contribution in [0.25, 0.3) is 0 Å². The summed E-state index contributed by atoms with van der Waals surface area (Å²) in [4.78, 5) is 0. The van der Waals surface area contributed by atoms with E-state index in [0.29, 0.717) is 18.9 Å². The Balaban J connectivity index is 2.16. The Kier molecular flexibility index (Phi) is 7.19. The Morgan fingerprint density at radius 2 is 1.83 bits per heavy atom. The molecule has 0 amide bonds. The monoisotopic (exact) mass is 276 g/mol. The molecule has 0 aromatic heterocycles. The zero-order chi connectivity index (χ0) is 13.4. The molecule has 0 atom stereocenters. The lowest BCUT2D eigenvalue weighted by molar-refractivity contribution is 0.290. The molecule has 0 heterocycles. The first-order chi connectivity index (χ1) is 8.53. The van der Waals surface area contributed by atoms with Gasteiger partial charge in [-0.3, -0.25) is 0 Å². The van der Waals surface area contributed by atoms with Gasteiger partial charge in [-0.05, 0) is 44.2 Å². The summed E-state index contributed by atoms with van der Waals surface area (Å²) in [6, 6.07) is 0. The molecule has 108 valence electrons. The van der Waals surface area contributed by atoms with E-state index in [1.165, 1.54) is 25.7 Å². The first-order valence-corrected chi connectivity index (χ1v) is 8.86. The van der Waals surface area contributed by atoms with Crippen LogP contribution in [0.1, 0.15) is 46.0 Å². The third-order valence-corrected chi connectivity index (χ3v) is 5.18. The molecular formula is C13H28N2O2S. The number of nitrogens with one attached hydrogen (secondary N) is 2. The standard InChI is InChI=1S/C13H28N2O2S/c1-3-14-9-4-10-18(16,17)15-11-13-7-5-12(2)6-8-13/h12-15H,3-11H2,1-2H3. The first kappa shape index (κ1) is 15.9. The van der Waals surface area contributed by atoms with Gasteiger partial charge in [-0.25, -0.2) is 13.1 Å². The van der Waals surface area contributed by atoms with Crippen molar-refractivity contribution in [2.45, 2.75) is 46.0 Å². The van der Waals surface area contributed by atoms with Crippen molar-refractivity contribution in [1.82, 2.24) is 10.0 Å². The third kappa shape index (κ3) is 6.71. The van der Waals surface area contributed by atoms with Crippen molar-refractivity contribution in [3.63, 3.8) is 0 Å². The lowest BCUT2D eigenvalue weighted by Gasteiger charge is -2.26. The van der Waals surface area contributed by atoms with E-state index in [1.54, 1.807) is 0 Å². The molecule has 0 aliphatic heterocycles. The van der Waals surface area contributed by atoms with Gasteiger partial charge in [0.1, 0.15) is 0 Å². The largest absolute Gasteiger partial charge is 0.317 e. The second kappa shape index (κ2) is 8.12. The Morgan fingerprint density at radius 3 is 2.44 bits per heavy atom. The zero-order valence-electron chi connectivity index (χ0n) is 11.7. The predicted molar refractivity (Wildman–Crippen MR) is 76.1 cm³/mol. The lowest BCUT2D eigenvalue weighted by atomic mass is 9.83. The Hall–Kier alpha value is -0.130. The van der Waals surface area contributed by atoms with Crippen molar-refractivity contribution >= 4 is 10.0 Å². The third-order valence-electron chi connectivity index (χ3n) is 3.74. The number of hydrogen-bond donors (Lipinski definition) is 2. The van der Waals surface area contributed by atoms with Gasteiger partial charge in [-0.15, -0.1) is 0 Å². The normalized spacial score (nSPS) is 25.2. The molecule has 4 nitrogen and oxygen atoms in total. The van der Waals surface area contributed by atoms with Gasteiger partial charge in [0.2, 0.25) is 10.0 Å². The van der Waals surface area contributed by atoms with Crippen LogP contribution < -0.4 is 10.0 Å². The maximum Gasteiger partial charge on any atom is 0.211 e. The van der Waals surface area contributed by atoms with Crippen LogP contribution in [-0.4, -0.2) is 33.8 Å². The predicted octanol–water partition coefficient (Wildman–Crippen LogP) is 1.73. The molecule has 5 heteroatoms. The molecule has 0 unspecified atom stereocenters. The van der Waals surface area contributed by atoms with E-state index in [9.17, 15) is 8.42 Å². The molecule has 0 bridgehead atoms. The van der Waals surface area contributed by atoms with Crippen LogP contribution in [0.3, 0.4) is 0 Å². The summed E-state index contributed by atoms with van der Waals surface area (Å²) in [5.74, 6) is 1.60. The van der Waals surface area contributed by atoms with Crippen molar-refractivity contribution in [3.05, 3.63) is 0 Å². The molecule has 1 aliphatic carbocycles. The van der Waals surface area contributed by atoms with Gasteiger partial charge in [-0.2, -0.15) is 0 Å². The molecule has 0 radical (unpaired) electrons. The van der Waals surface area contributed by atoms with Gasteiger partial charge >= 0.3 is 0 Å². The van der Waals surface area contributed by atoms with E-state index in [4.69, 9.17) is 0 Å². The molecule has 0 aromatic rings. The van der Waals surface area contributed by atoms with Gasteiger partial charge < -0.3 is 5.32 Å². The molecule has 18 heavy (non-hydrogen) atoms. The van der Waals surface area contributed by atoms with E-state index in [2.05, 4.69) is 17.0 Å². The van der Waals surface area contributed by atoms with Gasteiger partial charge in [0, 0.05) is 6.54 Å². The fourth-order valence-electron chi connectivity index (χ4n) is 2.41. The van der Waals surface area contributed by atoms with Gasteiger partial charge in [0.05, 0.1) is 5.75 Å². The summed E-state index contributed by atoms with van der Waals surface area (Å²) < 4.78 is 26.3. The average Bonchev–Trinajstić information content (AvgIpc) is 2.34. The number of sulfonamides is 1. The molecule has 1 rings (SSSR count). The quantitative estimate of drug-likeness (QED) is 0.664. The summed E-state index contributed by atoms with van der Waals surface area (Å²) in [5.41, 5.74) is 0. The summed E-state index contributed by atoms with van der Waals surface area (Å²) >= 11 is 0. The van der Waals surface area contributed by atoms with Crippen LogP contribution in [0.5, 0.6) is 0 Å². The number of hydrogen-bond acceptors (Lipinski definition) is 3. The summed E-state index contributed by atoms with van der Waals surface area (Å²) in [7, 11) is -3.06. The second-order valence-electron chi connectivity index (χ2n) is 5.50. The minimum absolute atomic E-state index is 0.239. The maximum atomic E-state index is 11.8. The van der Waals surface area contributed by atoms with E-state index in [1.807, 2.05) is 6.92 Å². The Morgan fingerprint density at radius 1 is 1.17 bits per heavy atom. The van der Waals surface area contributed by atoms with Crippen molar-refractivity contribution in [2.24, 2.45) is 11.8 Å². The van der Waals surface area contributed by atoms with E-state index >= 15 is 0 Å². The zero-order valence-corrected chi connectivity index (χ0v) is 12.6. The van der Waals surface area contributed by atoms with Crippen LogP contribution in [0.2, 0.25) is 0 Å². The SMILES string of the molecule is CCNCCCS(=O)(=O)NCC1CCC(C)CC1. The fourth-order valence-corrected chi connectivity index (χ4v) is 3.57. The van der Waals surface area contributed by atoms with Gasteiger partial charge in [0.25, 0.3) is 0 Å². The highest BCUT2D eigenvalue weighted by molar-refractivity contribution is 7.89. The summed E-state index contributed by atoms with van der Waals surface area (Å²) in [6.07, 6.45) is 5.51. The van der Waals surface area contributed by atoms with E-state index in [0.717, 1.165) is 19.0 Å². The minimum Gasteiger partial charge on any atom is -0.317 e. The smallest absolute Gasteiger partial charge is 0.211 e. The van der Waals surface area contributed by atoms with Gasteiger partial charge in [-0.1, -0.05) is 26.7 Å². The van der Waals surface area contributed by atoms with Crippen LogP contribution in [0.15, 0.2) is 0 Å². The average molecular weight is 276 g/mol. The molecule has 0 spiro atoms. The molecule has 1 saturated carbocycles. The van der Waals surface area contributed by atoms with Crippen LogP contribution in [-0.2, 0) is 10.0 Å². The summed E-state index contributed by atoms with van der Waals surface area (Å²) in [5, 5.41) is 3.14. The van der Waals surface area contributed by atoms with Crippen molar-refractivity contribution in [2.75, 3.05) is 25.4 Å². The van der Waals surface area contributed by atoms with E-state index < -0.39 is 10.0 Å². The molecule has 1 aliphatic rings. The maximum absolute atomic E-state index is 11.8. The molecule has 0 saturated heterocycles. The first-order valence-electron chi connectivity index (χ1n) is 7.21. The molecule has 2 N–H and O–H groups in total. The Labute approximate surface area is 112 Å². The molecule has 0 aromatic carbocycles. The molecular weight excluding hydrogens is 248 g/mol. The van der Waals surface area contributed by atoms with Crippen molar-refractivity contribution in [3.8, 4) is 0 Å². The highest BCUT2D eigenvalue weighted by atomic mass is 32.2. The van der Waals surface area contributed by atoms with Crippen LogP contribution in [0.4, 0.5) is 0 Å². The van der Waals surface area contributed by atoms with Crippen molar-refractivity contribution in [1.29, 1.82) is 0 Å². The fraction of sp³-hybridized carbons (Fsp3) is 1.00. The Bertz CT molecular complexity index is 309. The summed E-state index contributed by atoms with van der Waals surface area (Å²) in [6.45, 7) is 6.61. The topological polar surface area (TPSA) is 58.2 Å². The lowest BCUT2D eigenvalue weighted by Crippen LogP contribution is -2.33. The van der Waals surface area contributed by atoms with Gasteiger partial charge in [0.15, 0.2) is 0 Å².